The lowest BCUT2D eigenvalue weighted by Crippen LogP contribution is -2.59. The molecule has 158 valence electrons. The highest BCUT2D eigenvalue weighted by atomic mass is 35.5. The number of likely N-dealkylation sites (tertiary alicyclic amines) is 1. The minimum atomic E-state index is -0.647. The van der Waals surface area contributed by atoms with Crippen LogP contribution < -0.4 is 10.6 Å². The number of aryl methyl sites for hydroxylation is 2. The highest BCUT2D eigenvalue weighted by Crippen LogP contribution is 2.43. The maximum absolute atomic E-state index is 12.9. The Bertz CT molecular complexity index is 1020. The first-order chi connectivity index (χ1) is 14.3. The number of nitrogens with zero attached hydrogens (tertiary/aromatic N) is 2. The molecule has 2 spiro atoms. The molecule has 2 fully saturated rings. The number of piperidine rings is 1. The molecule has 5 rings (SSSR count). The molecular formula is C21H23ClN4O4. The molecule has 1 aromatic heterocycles. The lowest BCUT2D eigenvalue weighted by atomic mass is 9.84. The number of nitrogens with one attached hydrogen (secondary N) is 2. The molecule has 0 saturated carbocycles. The van der Waals surface area contributed by atoms with Crippen LogP contribution in [0, 0.1) is 13.8 Å². The van der Waals surface area contributed by atoms with Crippen LogP contribution in [0.15, 0.2) is 22.7 Å². The van der Waals surface area contributed by atoms with Crippen molar-refractivity contribution in [2.45, 2.75) is 44.4 Å². The average Bonchev–Trinajstić information content (AvgIpc) is 3.22. The molecule has 1 atom stereocenters. The summed E-state index contributed by atoms with van der Waals surface area (Å²) in [6.45, 7) is 5.07. The number of benzene rings is 1. The largest absolute Gasteiger partial charge is 0.370 e. The molecule has 0 radical (unpaired) electrons. The summed E-state index contributed by atoms with van der Waals surface area (Å²) in [5.41, 5.74) is 1.43. The molecule has 2 N–H and O–H groups in total. The summed E-state index contributed by atoms with van der Waals surface area (Å²) >= 11 is 6.03. The van der Waals surface area contributed by atoms with Crippen LogP contribution >= 0.6 is 11.6 Å². The van der Waals surface area contributed by atoms with Crippen molar-refractivity contribution in [3.63, 3.8) is 0 Å². The van der Waals surface area contributed by atoms with Gasteiger partial charge in [0.15, 0.2) is 0 Å². The summed E-state index contributed by atoms with van der Waals surface area (Å²) in [6.07, 6.45) is 2.05. The van der Waals surface area contributed by atoms with Gasteiger partial charge in [0.05, 0.1) is 23.5 Å². The molecule has 1 aromatic carbocycles. The zero-order valence-electron chi connectivity index (χ0n) is 16.9. The van der Waals surface area contributed by atoms with Gasteiger partial charge in [0, 0.05) is 30.2 Å². The second-order valence-electron chi connectivity index (χ2n) is 8.49. The van der Waals surface area contributed by atoms with Crippen LogP contribution in [0.5, 0.6) is 0 Å². The number of ether oxygens (including phenoxy) is 1. The molecule has 3 aliphatic heterocycles. The van der Waals surface area contributed by atoms with E-state index in [1.807, 2.05) is 11.0 Å². The summed E-state index contributed by atoms with van der Waals surface area (Å²) in [5.74, 6) is 0.336. The number of hydrogen-bond donors (Lipinski definition) is 2. The fraction of sp³-hybridized carbons (Fsp3) is 0.476. The van der Waals surface area contributed by atoms with Gasteiger partial charge >= 0.3 is 0 Å². The lowest BCUT2D eigenvalue weighted by Gasteiger charge is -2.41. The summed E-state index contributed by atoms with van der Waals surface area (Å²) in [5, 5.41) is 11.0. The van der Waals surface area contributed by atoms with Crippen LogP contribution in [-0.2, 0) is 4.74 Å². The van der Waals surface area contributed by atoms with Gasteiger partial charge in [-0.05, 0) is 44.9 Å². The van der Waals surface area contributed by atoms with Gasteiger partial charge in [-0.3, -0.25) is 9.59 Å². The number of carbonyl (C=O) groups excluding carboxylic acids is 2. The van der Waals surface area contributed by atoms with E-state index in [1.165, 1.54) is 0 Å². The zero-order valence-corrected chi connectivity index (χ0v) is 17.6. The van der Waals surface area contributed by atoms with Gasteiger partial charge in [-0.1, -0.05) is 16.8 Å². The van der Waals surface area contributed by atoms with Crippen molar-refractivity contribution in [3.05, 3.63) is 45.8 Å². The van der Waals surface area contributed by atoms with Crippen molar-refractivity contribution >= 4 is 29.1 Å². The van der Waals surface area contributed by atoms with E-state index in [0.717, 1.165) is 5.69 Å². The molecule has 2 aromatic rings. The van der Waals surface area contributed by atoms with Crippen LogP contribution in [0.3, 0.4) is 0 Å². The molecule has 30 heavy (non-hydrogen) atoms. The molecule has 2 amide bonds. The smallest absolute Gasteiger partial charge is 0.259 e. The second kappa shape index (κ2) is 6.72. The molecule has 0 aliphatic carbocycles. The van der Waals surface area contributed by atoms with Crippen molar-refractivity contribution in [1.29, 1.82) is 0 Å². The van der Waals surface area contributed by atoms with Crippen molar-refractivity contribution < 1.29 is 18.8 Å². The Balaban J connectivity index is 1.29. The van der Waals surface area contributed by atoms with Gasteiger partial charge in [-0.25, -0.2) is 0 Å². The number of amides is 2. The number of anilines is 1. The number of rotatable bonds is 1. The minimum Gasteiger partial charge on any atom is -0.370 e. The molecule has 8 nitrogen and oxygen atoms in total. The van der Waals surface area contributed by atoms with Gasteiger partial charge in [0.2, 0.25) is 0 Å². The average molecular weight is 431 g/mol. The van der Waals surface area contributed by atoms with E-state index in [-0.39, 0.29) is 17.4 Å². The van der Waals surface area contributed by atoms with E-state index < -0.39 is 5.66 Å². The number of hydrogen-bond acceptors (Lipinski definition) is 6. The van der Waals surface area contributed by atoms with E-state index in [9.17, 15) is 9.59 Å². The van der Waals surface area contributed by atoms with Crippen molar-refractivity contribution in [1.82, 2.24) is 15.4 Å². The fourth-order valence-electron chi connectivity index (χ4n) is 4.86. The third-order valence-electron chi connectivity index (χ3n) is 6.41. The summed E-state index contributed by atoms with van der Waals surface area (Å²) in [4.78, 5) is 27.4. The van der Waals surface area contributed by atoms with Gasteiger partial charge in [0.25, 0.3) is 11.8 Å². The predicted octanol–water partition coefficient (Wildman–Crippen LogP) is 2.89. The molecular weight excluding hydrogens is 408 g/mol. The summed E-state index contributed by atoms with van der Waals surface area (Å²) in [7, 11) is 0. The lowest BCUT2D eigenvalue weighted by molar-refractivity contribution is -0.0393. The fourth-order valence-corrected chi connectivity index (χ4v) is 5.03. The van der Waals surface area contributed by atoms with Gasteiger partial charge in [0.1, 0.15) is 17.0 Å². The predicted molar refractivity (Wildman–Crippen MR) is 110 cm³/mol. The Labute approximate surface area is 178 Å². The minimum absolute atomic E-state index is 0.0521. The Hall–Kier alpha value is -2.58. The first-order valence-corrected chi connectivity index (χ1v) is 10.4. The number of fused-ring (bicyclic) bond motifs is 1. The maximum Gasteiger partial charge on any atom is 0.259 e. The van der Waals surface area contributed by atoms with Crippen LogP contribution in [0.1, 0.15) is 51.4 Å². The summed E-state index contributed by atoms with van der Waals surface area (Å²) in [6, 6.07) is 5.26. The third kappa shape index (κ3) is 3.06. The van der Waals surface area contributed by atoms with Crippen molar-refractivity contribution in [3.8, 4) is 0 Å². The maximum atomic E-state index is 12.9. The van der Waals surface area contributed by atoms with E-state index in [2.05, 4.69) is 15.8 Å². The molecule has 2 saturated heterocycles. The Morgan fingerprint density at radius 3 is 2.70 bits per heavy atom. The highest BCUT2D eigenvalue weighted by molar-refractivity contribution is 6.31. The van der Waals surface area contributed by atoms with Crippen LogP contribution in [0.2, 0.25) is 5.02 Å². The Kier molecular flexibility index (Phi) is 4.34. The van der Waals surface area contributed by atoms with Crippen LogP contribution in [0.25, 0.3) is 0 Å². The second-order valence-corrected chi connectivity index (χ2v) is 8.93. The number of carbonyl (C=O) groups is 2. The molecule has 9 heteroatoms. The topological polar surface area (TPSA) is 96.7 Å². The summed E-state index contributed by atoms with van der Waals surface area (Å²) < 4.78 is 11.4. The first-order valence-electron chi connectivity index (χ1n) is 10.1. The van der Waals surface area contributed by atoms with Crippen LogP contribution in [-0.4, -0.2) is 52.8 Å². The third-order valence-corrected chi connectivity index (χ3v) is 6.65. The van der Waals surface area contributed by atoms with Crippen molar-refractivity contribution in [2.24, 2.45) is 0 Å². The Morgan fingerprint density at radius 1 is 1.23 bits per heavy atom. The van der Waals surface area contributed by atoms with E-state index in [4.69, 9.17) is 20.9 Å². The molecule has 1 unspecified atom stereocenters. The van der Waals surface area contributed by atoms with E-state index in [0.29, 0.717) is 66.6 Å². The van der Waals surface area contributed by atoms with E-state index >= 15 is 0 Å². The molecule has 4 heterocycles. The highest BCUT2D eigenvalue weighted by Gasteiger charge is 2.53. The molecule has 3 aliphatic rings. The molecule has 0 bridgehead atoms. The quantitative estimate of drug-likeness (QED) is 0.722. The monoisotopic (exact) mass is 430 g/mol. The Morgan fingerprint density at radius 2 is 2.00 bits per heavy atom. The van der Waals surface area contributed by atoms with Gasteiger partial charge in [-0.2, -0.15) is 0 Å². The SMILES string of the molecule is Cc1noc(C)c1C(=O)N1CCC2(CC1)CC1(CO2)NC(=O)c2cc(Cl)ccc2N1. The zero-order chi connectivity index (χ0) is 21.1. The number of aromatic nitrogens is 1. The first kappa shape index (κ1) is 19.4. The van der Waals surface area contributed by atoms with Crippen LogP contribution in [0.4, 0.5) is 5.69 Å². The number of halogens is 1. The van der Waals surface area contributed by atoms with E-state index in [1.54, 1.807) is 26.0 Å². The van der Waals surface area contributed by atoms with Gasteiger partial charge < -0.3 is 24.8 Å². The standard InChI is InChI=1S/C21H23ClN4O4/c1-12-17(13(2)30-25-12)19(28)26-7-5-20(6-8-26)10-21(11-29-20)23-16-4-3-14(22)9-15(16)18(27)24-21/h3-4,9,23H,5-8,10-11H2,1-2H3,(H,24,27). The van der Waals surface area contributed by atoms with Gasteiger partial charge in [-0.15, -0.1) is 0 Å². The van der Waals surface area contributed by atoms with Crippen molar-refractivity contribution in [2.75, 3.05) is 25.0 Å². The normalized spacial score (nSPS) is 24.6.